The number of nitrogens with two attached hydrogens (primary N) is 1. The van der Waals surface area contributed by atoms with Crippen molar-refractivity contribution in [2.45, 2.75) is 13.0 Å². The molecule has 1 saturated heterocycles. The van der Waals surface area contributed by atoms with Crippen molar-refractivity contribution in [1.82, 2.24) is 14.9 Å². The van der Waals surface area contributed by atoms with E-state index in [9.17, 15) is 0 Å². The molecular weight excluding hydrogens is 232 g/mol. The predicted octanol–water partition coefficient (Wildman–Crippen LogP) is -0.187. The highest BCUT2D eigenvalue weighted by Crippen LogP contribution is 2.11. The Morgan fingerprint density at radius 2 is 2.28 bits per heavy atom. The molecule has 4 N–H and O–H groups in total. The number of nitrogen functional groups attached to an aromatic ring is 1. The van der Waals surface area contributed by atoms with E-state index < -0.39 is 0 Å². The first-order chi connectivity index (χ1) is 8.67. The molecule has 1 aromatic heterocycles. The minimum absolute atomic E-state index is 0.188. The molecule has 1 aromatic rings. The summed E-state index contributed by atoms with van der Waals surface area (Å²) < 4.78 is 5.67. The minimum atomic E-state index is 0.188. The van der Waals surface area contributed by atoms with Gasteiger partial charge in [0.15, 0.2) is 0 Å². The average Bonchev–Trinajstić information content (AvgIpc) is 2.36. The predicted molar refractivity (Wildman–Crippen MR) is 70.3 cm³/mol. The molecule has 0 aromatic carbocycles. The number of aromatic nitrogens is 2. The van der Waals surface area contributed by atoms with Crippen LogP contribution in [0.5, 0.6) is 0 Å². The van der Waals surface area contributed by atoms with E-state index in [1.165, 1.54) is 0 Å². The van der Waals surface area contributed by atoms with Crippen LogP contribution >= 0.6 is 0 Å². The summed E-state index contributed by atoms with van der Waals surface area (Å²) in [6.07, 6.45) is 0.188. The first kappa shape index (κ1) is 13.0. The number of rotatable bonds is 4. The fraction of sp³-hybridized carbons (Fsp3) is 0.636. The molecule has 1 aliphatic rings. The molecule has 100 valence electrons. The number of nitrogens with one attached hydrogen (secondary N) is 2. The van der Waals surface area contributed by atoms with Gasteiger partial charge >= 0.3 is 0 Å². The Bertz CT molecular complexity index is 399. The van der Waals surface area contributed by atoms with Crippen LogP contribution in [0.4, 0.5) is 11.6 Å². The van der Waals surface area contributed by atoms with Crippen LogP contribution in [0.15, 0.2) is 6.07 Å². The Morgan fingerprint density at radius 1 is 1.50 bits per heavy atom. The second-order valence-corrected chi connectivity index (χ2v) is 4.47. The number of nitrogens with zero attached hydrogens (tertiary/aromatic N) is 3. The summed E-state index contributed by atoms with van der Waals surface area (Å²) in [5, 5.41) is 3.25. The van der Waals surface area contributed by atoms with Crippen molar-refractivity contribution in [3.8, 4) is 0 Å². The molecule has 7 heteroatoms. The second-order valence-electron chi connectivity index (χ2n) is 4.47. The van der Waals surface area contributed by atoms with Crippen molar-refractivity contribution in [3.63, 3.8) is 0 Å². The molecule has 1 fully saturated rings. The van der Waals surface area contributed by atoms with Gasteiger partial charge < -0.3 is 20.4 Å². The van der Waals surface area contributed by atoms with Crippen LogP contribution in [0.1, 0.15) is 5.82 Å². The van der Waals surface area contributed by atoms with E-state index in [0.29, 0.717) is 11.6 Å². The highest BCUT2D eigenvalue weighted by Gasteiger charge is 2.17. The third-order valence-electron chi connectivity index (χ3n) is 2.84. The van der Waals surface area contributed by atoms with Crippen molar-refractivity contribution in [2.75, 3.05) is 44.0 Å². The molecule has 7 nitrogen and oxygen atoms in total. The van der Waals surface area contributed by atoms with Crippen LogP contribution < -0.4 is 16.6 Å². The van der Waals surface area contributed by atoms with Crippen LogP contribution in [0.3, 0.4) is 0 Å². The van der Waals surface area contributed by atoms with E-state index in [2.05, 4.69) is 32.7 Å². The second kappa shape index (κ2) is 5.94. The number of hydrazine groups is 1. The summed E-state index contributed by atoms with van der Waals surface area (Å²) in [7, 11) is 2.10. The molecule has 1 aliphatic heterocycles. The summed E-state index contributed by atoms with van der Waals surface area (Å²) in [6, 6.07) is 1.78. The van der Waals surface area contributed by atoms with Gasteiger partial charge in [0.05, 0.1) is 12.7 Å². The maximum atomic E-state index is 5.67. The fourth-order valence-corrected chi connectivity index (χ4v) is 1.94. The zero-order valence-electron chi connectivity index (χ0n) is 10.8. The van der Waals surface area contributed by atoms with Crippen molar-refractivity contribution in [1.29, 1.82) is 0 Å². The summed E-state index contributed by atoms with van der Waals surface area (Å²) >= 11 is 0. The Kier molecular flexibility index (Phi) is 4.29. The number of hydrogen-bond donors (Lipinski definition) is 3. The Hall–Kier alpha value is -1.44. The standard InChI is InChI=1S/C11H20N6O/c1-8-14-10(5-11(15-8)16-12)13-6-9-7-17(2)3-4-18-9/h5,9H,3-4,6-7,12H2,1-2H3,(H2,13,14,15,16). The third kappa shape index (κ3) is 3.52. The maximum Gasteiger partial charge on any atom is 0.145 e. The highest BCUT2D eigenvalue weighted by molar-refractivity contribution is 5.46. The molecule has 0 amide bonds. The number of ether oxygens (including phenoxy) is 1. The van der Waals surface area contributed by atoms with Crippen LogP contribution in [-0.2, 0) is 4.74 Å². The Balaban J connectivity index is 1.91. The summed E-state index contributed by atoms with van der Waals surface area (Å²) in [5.74, 6) is 7.38. The van der Waals surface area contributed by atoms with Crippen molar-refractivity contribution in [2.24, 2.45) is 5.84 Å². The van der Waals surface area contributed by atoms with Gasteiger partial charge in [0, 0.05) is 25.7 Å². The smallest absolute Gasteiger partial charge is 0.145 e. The number of aryl methyl sites for hydroxylation is 1. The topological polar surface area (TPSA) is 88.3 Å². The van der Waals surface area contributed by atoms with E-state index in [4.69, 9.17) is 10.6 Å². The van der Waals surface area contributed by atoms with Gasteiger partial charge in [-0.1, -0.05) is 0 Å². The molecule has 0 bridgehead atoms. The number of hydrogen-bond acceptors (Lipinski definition) is 7. The largest absolute Gasteiger partial charge is 0.374 e. The van der Waals surface area contributed by atoms with E-state index in [0.717, 1.165) is 32.1 Å². The number of morpholine rings is 1. The summed E-state index contributed by atoms with van der Waals surface area (Å²) in [4.78, 5) is 10.7. The van der Waals surface area contributed by atoms with Crippen molar-refractivity contribution in [3.05, 3.63) is 11.9 Å². The van der Waals surface area contributed by atoms with Crippen LogP contribution in [0.25, 0.3) is 0 Å². The first-order valence-electron chi connectivity index (χ1n) is 6.03. The number of anilines is 2. The van der Waals surface area contributed by atoms with Gasteiger partial charge in [-0.05, 0) is 14.0 Å². The van der Waals surface area contributed by atoms with Gasteiger partial charge in [0.25, 0.3) is 0 Å². The van der Waals surface area contributed by atoms with Gasteiger partial charge in [-0.3, -0.25) is 0 Å². The lowest BCUT2D eigenvalue weighted by molar-refractivity contribution is -0.0117. The van der Waals surface area contributed by atoms with E-state index >= 15 is 0 Å². The first-order valence-corrected chi connectivity index (χ1v) is 6.03. The minimum Gasteiger partial charge on any atom is -0.374 e. The van der Waals surface area contributed by atoms with Crippen molar-refractivity contribution < 1.29 is 4.74 Å². The molecule has 0 saturated carbocycles. The Morgan fingerprint density at radius 3 is 3.00 bits per heavy atom. The Labute approximate surface area is 107 Å². The summed E-state index contributed by atoms with van der Waals surface area (Å²) in [6.45, 7) is 5.26. The maximum absolute atomic E-state index is 5.67. The lowest BCUT2D eigenvalue weighted by Crippen LogP contribution is -2.43. The highest BCUT2D eigenvalue weighted by atomic mass is 16.5. The molecule has 1 atom stereocenters. The van der Waals surface area contributed by atoms with Crippen LogP contribution in [0.2, 0.25) is 0 Å². The molecule has 0 radical (unpaired) electrons. The molecule has 2 rings (SSSR count). The van der Waals surface area contributed by atoms with E-state index in [1.807, 2.05) is 6.92 Å². The van der Waals surface area contributed by atoms with Gasteiger partial charge in [0.2, 0.25) is 0 Å². The molecule has 0 aliphatic carbocycles. The molecular formula is C11H20N6O. The molecule has 0 spiro atoms. The summed E-state index contributed by atoms with van der Waals surface area (Å²) in [5.41, 5.74) is 2.52. The normalized spacial score (nSPS) is 20.7. The average molecular weight is 252 g/mol. The lowest BCUT2D eigenvalue weighted by atomic mass is 10.3. The van der Waals surface area contributed by atoms with Gasteiger partial charge in [-0.2, -0.15) is 0 Å². The molecule has 2 heterocycles. The van der Waals surface area contributed by atoms with Gasteiger partial charge in [0.1, 0.15) is 17.5 Å². The quantitative estimate of drug-likeness (QED) is 0.505. The van der Waals surface area contributed by atoms with Gasteiger partial charge in [-0.25, -0.2) is 15.8 Å². The SMILES string of the molecule is Cc1nc(NN)cc(NCC2CN(C)CCO2)n1. The third-order valence-corrected chi connectivity index (χ3v) is 2.84. The fourth-order valence-electron chi connectivity index (χ4n) is 1.94. The van der Waals surface area contributed by atoms with Gasteiger partial charge in [-0.15, -0.1) is 0 Å². The zero-order chi connectivity index (χ0) is 13.0. The number of likely N-dealkylation sites (N-methyl/N-ethyl adjacent to an activating group) is 1. The molecule has 1 unspecified atom stereocenters. The van der Waals surface area contributed by atoms with Crippen LogP contribution in [-0.4, -0.2) is 54.3 Å². The van der Waals surface area contributed by atoms with E-state index in [-0.39, 0.29) is 6.10 Å². The van der Waals surface area contributed by atoms with Crippen molar-refractivity contribution >= 4 is 11.6 Å². The molecule has 18 heavy (non-hydrogen) atoms. The zero-order valence-corrected chi connectivity index (χ0v) is 10.8. The lowest BCUT2D eigenvalue weighted by Gasteiger charge is -2.30. The van der Waals surface area contributed by atoms with E-state index in [1.54, 1.807) is 6.07 Å². The monoisotopic (exact) mass is 252 g/mol. The van der Waals surface area contributed by atoms with Crippen LogP contribution in [0, 0.1) is 6.92 Å².